The molecule has 1 saturated heterocycles. The second-order valence-corrected chi connectivity index (χ2v) is 10.4. The lowest BCUT2D eigenvalue weighted by atomic mass is 9.86. The summed E-state index contributed by atoms with van der Waals surface area (Å²) in [5.41, 5.74) is 6.54. The maximum Gasteiger partial charge on any atom is 0.252 e. The fourth-order valence-electron chi connectivity index (χ4n) is 3.74. The van der Waals surface area contributed by atoms with Crippen LogP contribution in [-0.4, -0.2) is 42.3 Å². The number of aryl methyl sites for hydroxylation is 1. The van der Waals surface area contributed by atoms with Gasteiger partial charge in [0.05, 0.1) is 29.3 Å². The molecule has 9 heteroatoms. The molecule has 1 amide bonds. The Balaban J connectivity index is 2.02. The third kappa shape index (κ3) is 4.04. The Morgan fingerprint density at radius 1 is 1.30 bits per heavy atom. The van der Waals surface area contributed by atoms with E-state index < -0.39 is 22.0 Å². The maximum atomic E-state index is 13.5. The first-order chi connectivity index (χ1) is 14.0. The molecule has 0 unspecified atom stereocenters. The molecule has 2 N–H and O–H groups in total. The van der Waals surface area contributed by atoms with Gasteiger partial charge in [0.1, 0.15) is 11.6 Å². The van der Waals surface area contributed by atoms with Gasteiger partial charge in [-0.2, -0.15) is 4.31 Å². The zero-order chi connectivity index (χ0) is 22.3. The lowest BCUT2D eigenvalue weighted by Gasteiger charge is -2.26. The molecule has 1 aromatic heterocycles. The van der Waals surface area contributed by atoms with Crippen LogP contribution < -0.4 is 10.5 Å². The van der Waals surface area contributed by atoms with Crippen LogP contribution in [0.25, 0.3) is 0 Å². The number of carbonyl (C=O) groups excluding carboxylic acids is 1. The smallest absolute Gasteiger partial charge is 0.252 e. The van der Waals surface area contributed by atoms with Crippen molar-refractivity contribution in [2.24, 2.45) is 5.73 Å². The number of methoxy groups -OCH3 is 1. The Kier molecular flexibility index (Phi) is 5.88. The predicted octanol–water partition coefficient (Wildman–Crippen LogP) is 2.72. The standard InChI is InChI=1S/C21H28N4O4S/c1-13-15(19(22)26)12-23-20(24-13)17-7-6-10-25(17)30(27,28)14-8-9-18(29-5)16(11-14)21(2,3)4/h8-9,11-12,17H,6-7,10H2,1-5H3,(H2,22,26)/t17-/m0/s1. The van der Waals surface area contributed by atoms with E-state index in [9.17, 15) is 13.2 Å². The van der Waals surface area contributed by atoms with Gasteiger partial charge in [0.15, 0.2) is 0 Å². The van der Waals surface area contributed by atoms with Crippen LogP contribution in [0.2, 0.25) is 0 Å². The van der Waals surface area contributed by atoms with Crippen molar-refractivity contribution in [1.82, 2.24) is 14.3 Å². The monoisotopic (exact) mass is 432 g/mol. The highest BCUT2D eigenvalue weighted by Crippen LogP contribution is 2.38. The largest absolute Gasteiger partial charge is 0.496 e. The van der Waals surface area contributed by atoms with Crippen LogP contribution in [0.5, 0.6) is 5.75 Å². The van der Waals surface area contributed by atoms with E-state index in [2.05, 4.69) is 9.97 Å². The van der Waals surface area contributed by atoms with Crippen molar-refractivity contribution in [2.75, 3.05) is 13.7 Å². The van der Waals surface area contributed by atoms with Crippen LogP contribution in [-0.2, 0) is 15.4 Å². The number of nitrogens with zero attached hydrogens (tertiary/aromatic N) is 3. The van der Waals surface area contributed by atoms with Crippen LogP contribution in [0.15, 0.2) is 29.3 Å². The molecule has 0 bridgehead atoms. The highest BCUT2D eigenvalue weighted by molar-refractivity contribution is 7.89. The molecule has 3 rings (SSSR count). The Hall–Kier alpha value is -2.52. The number of nitrogens with two attached hydrogens (primary N) is 1. The molecule has 8 nitrogen and oxygen atoms in total. The fraction of sp³-hybridized carbons (Fsp3) is 0.476. The minimum atomic E-state index is -3.78. The molecule has 0 spiro atoms. The van der Waals surface area contributed by atoms with Gasteiger partial charge < -0.3 is 10.5 Å². The number of primary amides is 1. The van der Waals surface area contributed by atoms with Crippen LogP contribution in [0.3, 0.4) is 0 Å². The minimum Gasteiger partial charge on any atom is -0.496 e. The Morgan fingerprint density at radius 2 is 2.00 bits per heavy atom. The summed E-state index contributed by atoms with van der Waals surface area (Å²) >= 11 is 0. The Morgan fingerprint density at radius 3 is 2.57 bits per heavy atom. The molecule has 162 valence electrons. The summed E-state index contributed by atoms with van der Waals surface area (Å²) in [5.74, 6) is 0.423. The van der Waals surface area contributed by atoms with E-state index >= 15 is 0 Å². The SMILES string of the molecule is COc1ccc(S(=O)(=O)N2CCC[C@H]2c2ncc(C(N)=O)c(C)n2)cc1C(C)(C)C. The van der Waals surface area contributed by atoms with E-state index in [4.69, 9.17) is 10.5 Å². The normalized spacial score (nSPS) is 17.8. The minimum absolute atomic E-state index is 0.214. The van der Waals surface area contributed by atoms with E-state index in [-0.39, 0.29) is 15.9 Å². The first-order valence-electron chi connectivity index (χ1n) is 9.80. The molecule has 1 aliphatic rings. The summed E-state index contributed by atoms with van der Waals surface area (Å²) < 4.78 is 33.9. The van der Waals surface area contributed by atoms with Gasteiger partial charge in [0.2, 0.25) is 10.0 Å². The Labute approximate surface area is 177 Å². The molecule has 1 aliphatic heterocycles. The van der Waals surface area contributed by atoms with E-state index in [1.807, 2.05) is 20.8 Å². The number of carbonyl (C=O) groups is 1. The first-order valence-corrected chi connectivity index (χ1v) is 11.2. The van der Waals surface area contributed by atoms with Crippen molar-refractivity contribution in [3.05, 3.63) is 47.0 Å². The van der Waals surface area contributed by atoms with Crippen molar-refractivity contribution in [3.8, 4) is 5.75 Å². The van der Waals surface area contributed by atoms with Crippen LogP contribution in [0, 0.1) is 6.92 Å². The highest BCUT2D eigenvalue weighted by atomic mass is 32.2. The quantitative estimate of drug-likeness (QED) is 0.777. The maximum absolute atomic E-state index is 13.5. The van der Waals surface area contributed by atoms with Gasteiger partial charge in [-0.25, -0.2) is 18.4 Å². The summed E-state index contributed by atoms with van der Waals surface area (Å²) in [7, 11) is -2.20. The lowest BCUT2D eigenvalue weighted by Crippen LogP contribution is -2.32. The molecular weight excluding hydrogens is 404 g/mol. The molecule has 0 radical (unpaired) electrons. The number of amides is 1. The second-order valence-electron chi connectivity index (χ2n) is 8.48. The van der Waals surface area contributed by atoms with E-state index in [1.165, 1.54) is 10.5 Å². The van der Waals surface area contributed by atoms with Crippen molar-refractivity contribution in [3.63, 3.8) is 0 Å². The fourth-order valence-corrected chi connectivity index (χ4v) is 5.42. The zero-order valence-corrected chi connectivity index (χ0v) is 18.8. The topological polar surface area (TPSA) is 115 Å². The predicted molar refractivity (Wildman–Crippen MR) is 113 cm³/mol. The molecule has 1 atom stereocenters. The third-order valence-corrected chi connectivity index (χ3v) is 7.25. The van der Waals surface area contributed by atoms with E-state index in [0.29, 0.717) is 36.7 Å². The van der Waals surface area contributed by atoms with Gasteiger partial charge in [-0.15, -0.1) is 0 Å². The van der Waals surface area contributed by atoms with Crippen molar-refractivity contribution in [1.29, 1.82) is 0 Å². The molecule has 2 aromatic rings. The van der Waals surface area contributed by atoms with Gasteiger partial charge >= 0.3 is 0 Å². The number of ether oxygens (including phenoxy) is 1. The van der Waals surface area contributed by atoms with Crippen LogP contribution in [0.1, 0.15) is 67.1 Å². The van der Waals surface area contributed by atoms with Crippen LogP contribution in [0.4, 0.5) is 0 Å². The summed E-state index contributed by atoms with van der Waals surface area (Å²) in [4.78, 5) is 20.3. The Bertz CT molecular complexity index is 1080. The number of aromatic nitrogens is 2. The second kappa shape index (κ2) is 7.96. The van der Waals surface area contributed by atoms with E-state index in [1.54, 1.807) is 32.2 Å². The van der Waals surface area contributed by atoms with Gasteiger partial charge in [0, 0.05) is 18.3 Å². The van der Waals surface area contributed by atoms with Gasteiger partial charge in [0.25, 0.3) is 5.91 Å². The van der Waals surface area contributed by atoms with Gasteiger partial charge in [-0.1, -0.05) is 20.8 Å². The number of benzene rings is 1. The molecule has 0 saturated carbocycles. The summed E-state index contributed by atoms with van der Waals surface area (Å²) in [6.45, 7) is 8.08. The lowest BCUT2D eigenvalue weighted by molar-refractivity contribution is 0.0998. The average Bonchev–Trinajstić information content (AvgIpc) is 3.17. The van der Waals surface area contributed by atoms with Crippen molar-refractivity contribution < 1.29 is 17.9 Å². The number of sulfonamides is 1. The summed E-state index contributed by atoms with van der Waals surface area (Å²) in [5, 5.41) is 0. The van der Waals surface area contributed by atoms with Crippen molar-refractivity contribution >= 4 is 15.9 Å². The molecule has 1 fully saturated rings. The first kappa shape index (κ1) is 22.2. The third-order valence-electron chi connectivity index (χ3n) is 5.35. The average molecular weight is 433 g/mol. The number of rotatable bonds is 5. The van der Waals surface area contributed by atoms with Gasteiger partial charge in [-0.05, 0) is 43.4 Å². The molecule has 0 aliphatic carbocycles. The van der Waals surface area contributed by atoms with Gasteiger partial charge in [-0.3, -0.25) is 4.79 Å². The molecule has 30 heavy (non-hydrogen) atoms. The van der Waals surface area contributed by atoms with Crippen LogP contribution >= 0.6 is 0 Å². The number of hydrogen-bond acceptors (Lipinski definition) is 6. The molecule has 1 aromatic carbocycles. The summed E-state index contributed by atoms with van der Waals surface area (Å²) in [6.07, 6.45) is 2.68. The highest BCUT2D eigenvalue weighted by Gasteiger charge is 2.38. The molecular formula is C21H28N4O4S. The van der Waals surface area contributed by atoms with E-state index in [0.717, 1.165) is 5.56 Å². The number of hydrogen-bond donors (Lipinski definition) is 1. The summed E-state index contributed by atoms with van der Waals surface area (Å²) in [6, 6.07) is 4.46. The van der Waals surface area contributed by atoms with Crippen molar-refractivity contribution in [2.45, 2.75) is 56.9 Å². The molecule has 2 heterocycles. The zero-order valence-electron chi connectivity index (χ0n) is 18.0.